The Morgan fingerprint density at radius 2 is 2.28 bits per heavy atom. The maximum absolute atomic E-state index is 11.8. The van der Waals surface area contributed by atoms with Gasteiger partial charge in [-0.2, -0.15) is 0 Å². The first-order chi connectivity index (χ1) is 8.61. The Hall–Kier alpha value is -0.870. The van der Waals surface area contributed by atoms with Crippen LogP contribution >= 0.6 is 11.3 Å². The van der Waals surface area contributed by atoms with Gasteiger partial charge in [0.1, 0.15) is 0 Å². The molecule has 0 saturated carbocycles. The van der Waals surface area contributed by atoms with E-state index >= 15 is 0 Å². The highest BCUT2D eigenvalue weighted by atomic mass is 32.1. The van der Waals surface area contributed by atoms with Crippen molar-refractivity contribution in [3.8, 4) is 0 Å². The van der Waals surface area contributed by atoms with E-state index in [0.717, 1.165) is 19.4 Å². The Bertz CT molecular complexity index is 336. The summed E-state index contributed by atoms with van der Waals surface area (Å²) in [7, 11) is 0. The van der Waals surface area contributed by atoms with Crippen molar-refractivity contribution < 1.29 is 4.79 Å². The molecule has 0 saturated heterocycles. The van der Waals surface area contributed by atoms with Crippen molar-refractivity contribution in [2.24, 2.45) is 17.6 Å². The van der Waals surface area contributed by atoms with Crippen LogP contribution in [-0.2, 0) is 11.2 Å². The molecule has 1 amide bonds. The Kier molecular flexibility index (Phi) is 6.98. The first kappa shape index (κ1) is 15.2. The van der Waals surface area contributed by atoms with Crippen molar-refractivity contribution in [3.63, 3.8) is 0 Å². The van der Waals surface area contributed by atoms with Crippen molar-refractivity contribution in [2.45, 2.75) is 33.1 Å². The molecule has 1 heterocycles. The third-order valence-corrected chi connectivity index (χ3v) is 3.82. The molecule has 0 fully saturated rings. The van der Waals surface area contributed by atoms with E-state index in [9.17, 15) is 4.79 Å². The van der Waals surface area contributed by atoms with Crippen LogP contribution in [0.25, 0.3) is 0 Å². The lowest BCUT2D eigenvalue weighted by Gasteiger charge is -2.16. The molecule has 0 spiro atoms. The van der Waals surface area contributed by atoms with E-state index < -0.39 is 0 Å². The van der Waals surface area contributed by atoms with Gasteiger partial charge in [-0.25, -0.2) is 0 Å². The van der Waals surface area contributed by atoms with Crippen LogP contribution < -0.4 is 11.1 Å². The molecule has 18 heavy (non-hydrogen) atoms. The van der Waals surface area contributed by atoms with Crippen LogP contribution in [0.1, 0.15) is 31.6 Å². The van der Waals surface area contributed by atoms with Gasteiger partial charge in [-0.1, -0.05) is 19.9 Å². The third kappa shape index (κ3) is 6.17. The highest BCUT2D eigenvalue weighted by Gasteiger charge is 2.13. The van der Waals surface area contributed by atoms with Gasteiger partial charge in [0.25, 0.3) is 0 Å². The third-order valence-electron chi connectivity index (χ3n) is 2.89. The zero-order chi connectivity index (χ0) is 13.4. The molecule has 0 radical (unpaired) electrons. The normalized spacial score (nSPS) is 12.7. The number of nitrogens with two attached hydrogens (primary N) is 1. The summed E-state index contributed by atoms with van der Waals surface area (Å²) in [6, 6.07) is 4.13. The molecule has 0 bridgehead atoms. The van der Waals surface area contributed by atoms with Crippen LogP contribution in [0.5, 0.6) is 0 Å². The Morgan fingerprint density at radius 3 is 2.83 bits per heavy atom. The molecular formula is C14H24N2OS. The van der Waals surface area contributed by atoms with E-state index in [2.05, 4.69) is 30.6 Å². The number of carbonyl (C=O) groups excluding carboxylic acids is 1. The minimum absolute atomic E-state index is 0.127. The summed E-state index contributed by atoms with van der Waals surface area (Å²) >= 11 is 1.73. The fourth-order valence-corrected chi connectivity index (χ4v) is 2.75. The molecule has 0 aromatic carbocycles. The fraction of sp³-hybridized carbons (Fsp3) is 0.643. The fourth-order valence-electron chi connectivity index (χ4n) is 2.04. The zero-order valence-electron chi connectivity index (χ0n) is 11.3. The summed E-state index contributed by atoms with van der Waals surface area (Å²) in [6.07, 6.45) is 2.49. The first-order valence-corrected chi connectivity index (χ1v) is 7.49. The molecule has 1 atom stereocenters. The molecule has 1 aromatic heterocycles. The number of hydrogen-bond donors (Lipinski definition) is 2. The predicted molar refractivity (Wildman–Crippen MR) is 77.6 cm³/mol. The summed E-state index contributed by atoms with van der Waals surface area (Å²) in [5, 5.41) is 5.03. The molecule has 3 N–H and O–H groups in total. The monoisotopic (exact) mass is 268 g/mol. The second-order valence-corrected chi connectivity index (χ2v) is 6.15. The van der Waals surface area contributed by atoms with Gasteiger partial charge in [0.2, 0.25) is 5.91 Å². The van der Waals surface area contributed by atoms with Gasteiger partial charge >= 0.3 is 0 Å². The topological polar surface area (TPSA) is 55.1 Å². The highest BCUT2D eigenvalue weighted by Crippen LogP contribution is 2.14. The average molecular weight is 268 g/mol. The van der Waals surface area contributed by atoms with Crippen LogP contribution in [0, 0.1) is 11.8 Å². The van der Waals surface area contributed by atoms with Crippen LogP contribution in [0.2, 0.25) is 0 Å². The molecule has 1 rings (SSSR count). The van der Waals surface area contributed by atoms with E-state index in [4.69, 9.17) is 5.73 Å². The highest BCUT2D eigenvalue weighted by molar-refractivity contribution is 7.09. The second kappa shape index (κ2) is 8.27. The van der Waals surface area contributed by atoms with E-state index in [0.29, 0.717) is 24.8 Å². The van der Waals surface area contributed by atoms with Gasteiger partial charge in [-0.05, 0) is 42.7 Å². The zero-order valence-corrected chi connectivity index (χ0v) is 12.1. The number of carbonyl (C=O) groups is 1. The maximum atomic E-state index is 11.8. The van der Waals surface area contributed by atoms with Crippen LogP contribution in [0.4, 0.5) is 0 Å². The van der Waals surface area contributed by atoms with Crippen molar-refractivity contribution in [1.82, 2.24) is 5.32 Å². The average Bonchev–Trinajstić information content (AvgIpc) is 2.80. The lowest BCUT2D eigenvalue weighted by Crippen LogP contribution is -2.30. The predicted octanol–water partition coefficient (Wildman–Crippen LogP) is 2.42. The summed E-state index contributed by atoms with van der Waals surface area (Å²) in [4.78, 5) is 13.1. The van der Waals surface area contributed by atoms with Crippen LogP contribution in [0.15, 0.2) is 17.5 Å². The molecule has 0 unspecified atom stereocenters. The van der Waals surface area contributed by atoms with Gasteiger partial charge in [-0.3, -0.25) is 4.79 Å². The quantitative estimate of drug-likeness (QED) is 0.761. The van der Waals surface area contributed by atoms with E-state index in [-0.39, 0.29) is 5.91 Å². The SMILES string of the molecule is CC(C)C[C@H](CN)CC(=O)NCCc1cccs1. The lowest BCUT2D eigenvalue weighted by atomic mass is 9.94. The van der Waals surface area contributed by atoms with Gasteiger partial charge < -0.3 is 11.1 Å². The van der Waals surface area contributed by atoms with Gasteiger partial charge in [0.15, 0.2) is 0 Å². The Labute approximate surface area is 114 Å². The smallest absolute Gasteiger partial charge is 0.220 e. The summed E-state index contributed by atoms with van der Waals surface area (Å²) in [5.41, 5.74) is 5.70. The summed E-state index contributed by atoms with van der Waals surface area (Å²) in [5.74, 6) is 1.03. The van der Waals surface area contributed by atoms with E-state index in [1.54, 1.807) is 11.3 Å². The molecule has 4 heteroatoms. The Balaban J connectivity index is 2.19. The number of nitrogens with one attached hydrogen (secondary N) is 1. The largest absolute Gasteiger partial charge is 0.356 e. The number of hydrogen-bond acceptors (Lipinski definition) is 3. The number of rotatable bonds is 8. The van der Waals surface area contributed by atoms with Crippen molar-refractivity contribution in [1.29, 1.82) is 0 Å². The summed E-state index contributed by atoms with van der Waals surface area (Å²) in [6.45, 7) is 5.64. The van der Waals surface area contributed by atoms with E-state index in [1.165, 1.54) is 4.88 Å². The molecule has 0 aliphatic rings. The standard InChI is InChI=1S/C14H24N2OS/c1-11(2)8-12(10-15)9-14(17)16-6-5-13-4-3-7-18-13/h3-4,7,11-12H,5-6,8-10,15H2,1-2H3,(H,16,17)/t12-/m0/s1. The van der Waals surface area contributed by atoms with Crippen LogP contribution in [-0.4, -0.2) is 19.0 Å². The van der Waals surface area contributed by atoms with Gasteiger partial charge in [0, 0.05) is 17.8 Å². The molecule has 3 nitrogen and oxygen atoms in total. The van der Waals surface area contributed by atoms with Gasteiger partial charge in [0.05, 0.1) is 0 Å². The molecule has 0 aliphatic carbocycles. The number of thiophene rings is 1. The lowest BCUT2D eigenvalue weighted by molar-refractivity contribution is -0.122. The Morgan fingerprint density at radius 1 is 1.50 bits per heavy atom. The summed E-state index contributed by atoms with van der Waals surface area (Å²) < 4.78 is 0. The maximum Gasteiger partial charge on any atom is 0.220 e. The molecule has 0 aliphatic heterocycles. The van der Waals surface area contributed by atoms with Crippen molar-refractivity contribution >= 4 is 17.2 Å². The molecule has 1 aromatic rings. The van der Waals surface area contributed by atoms with Crippen LogP contribution in [0.3, 0.4) is 0 Å². The molecular weight excluding hydrogens is 244 g/mol. The van der Waals surface area contributed by atoms with E-state index in [1.807, 2.05) is 6.07 Å². The molecule has 102 valence electrons. The minimum atomic E-state index is 0.127. The minimum Gasteiger partial charge on any atom is -0.356 e. The van der Waals surface area contributed by atoms with Crippen molar-refractivity contribution in [3.05, 3.63) is 22.4 Å². The second-order valence-electron chi connectivity index (χ2n) is 5.11. The van der Waals surface area contributed by atoms with Gasteiger partial charge in [-0.15, -0.1) is 11.3 Å². The number of amides is 1. The first-order valence-electron chi connectivity index (χ1n) is 6.61. The van der Waals surface area contributed by atoms with Crippen molar-refractivity contribution in [2.75, 3.05) is 13.1 Å².